The molecular weight excluding hydrogens is 297 g/mol. The standard InChI is InChI=1S/C16H14FN5O/c1-11-5-6-12(7-15(11)17)9-18-16(23)13-3-2-4-14(8-13)22-10-19-20-21-22/h2-8,10H,9H2,1H3,(H,18,23). The Kier molecular flexibility index (Phi) is 4.09. The normalized spacial score (nSPS) is 10.5. The van der Waals surface area contributed by atoms with Crippen LogP contribution in [0.3, 0.4) is 0 Å². The molecule has 116 valence electrons. The van der Waals surface area contributed by atoms with Crippen molar-refractivity contribution >= 4 is 5.91 Å². The minimum absolute atomic E-state index is 0.249. The molecule has 0 aliphatic rings. The predicted octanol–water partition coefficient (Wildman–Crippen LogP) is 2.04. The topological polar surface area (TPSA) is 72.7 Å². The lowest BCUT2D eigenvalue weighted by atomic mass is 10.1. The first kappa shape index (κ1) is 14.8. The number of aromatic nitrogens is 4. The summed E-state index contributed by atoms with van der Waals surface area (Å²) in [6.45, 7) is 1.95. The van der Waals surface area contributed by atoms with E-state index < -0.39 is 0 Å². The molecule has 1 amide bonds. The van der Waals surface area contributed by atoms with E-state index in [4.69, 9.17) is 0 Å². The third-order valence-electron chi connectivity index (χ3n) is 3.41. The number of nitrogens with zero attached hydrogens (tertiary/aromatic N) is 4. The molecule has 0 radical (unpaired) electrons. The summed E-state index contributed by atoms with van der Waals surface area (Å²) in [5, 5.41) is 13.7. The molecule has 0 saturated carbocycles. The van der Waals surface area contributed by atoms with E-state index in [0.29, 0.717) is 22.4 Å². The zero-order valence-corrected chi connectivity index (χ0v) is 12.4. The van der Waals surface area contributed by atoms with Gasteiger partial charge in [-0.1, -0.05) is 18.2 Å². The molecule has 1 aromatic heterocycles. The van der Waals surface area contributed by atoms with Crippen molar-refractivity contribution in [1.82, 2.24) is 25.5 Å². The van der Waals surface area contributed by atoms with E-state index >= 15 is 0 Å². The van der Waals surface area contributed by atoms with Crippen LogP contribution in [0, 0.1) is 12.7 Å². The first-order chi connectivity index (χ1) is 11.1. The molecule has 1 heterocycles. The van der Waals surface area contributed by atoms with Crippen molar-refractivity contribution in [2.24, 2.45) is 0 Å². The van der Waals surface area contributed by atoms with Crippen LogP contribution in [0.15, 0.2) is 48.8 Å². The highest BCUT2D eigenvalue weighted by atomic mass is 19.1. The fraction of sp³-hybridized carbons (Fsp3) is 0.125. The molecular formula is C16H14FN5O. The quantitative estimate of drug-likeness (QED) is 0.800. The van der Waals surface area contributed by atoms with Gasteiger partial charge in [0.25, 0.3) is 5.91 Å². The summed E-state index contributed by atoms with van der Waals surface area (Å²) in [7, 11) is 0. The number of aryl methyl sites for hydroxylation is 1. The van der Waals surface area contributed by atoms with Gasteiger partial charge in [0.1, 0.15) is 12.1 Å². The number of carbonyl (C=O) groups excluding carboxylic acids is 1. The zero-order valence-electron chi connectivity index (χ0n) is 12.4. The van der Waals surface area contributed by atoms with Gasteiger partial charge in [0, 0.05) is 12.1 Å². The first-order valence-corrected chi connectivity index (χ1v) is 7.00. The van der Waals surface area contributed by atoms with Crippen LogP contribution in [-0.4, -0.2) is 26.1 Å². The Labute approximate surface area is 132 Å². The van der Waals surface area contributed by atoms with Crippen LogP contribution in [-0.2, 0) is 6.54 Å². The molecule has 0 fully saturated rings. The molecule has 2 aromatic carbocycles. The maximum atomic E-state index is 13.5. The summed E-state index contributed by atoms with van der Waals surface area (Å²) >= 11 is 0. The molecule has 1 N–H and O–H groups in total. The van der Waals surface area contributed by atoms with E-state index in [0.717, 1.165) is 0 Å². The van der Waals surface area contributed by atoms with Gasteiger partial charge in [-0.3, -0.25) is 4.79 Å². The smallest absolute Gasteiger partial charge is 0.251 e. The van der Waals surface area contributed by atoms with Gasteiger partial charge in [-0.2, -0.15) is 0 Å². The maximum absolute atomic E-state index is 13.5. The van der Waals surface area contributed by atoms with Crippen LogP contribution in [0.2, 0.25) is 0 Å². The fourth-order valence-corrected chi connectivity index (χ4v) is 2.10. The molecule has 0 spiro atoms. The van der Waals surface area contributed by atoms with Crippen LogP contribution >= 0.6 is 0 Å². The molecule has 3 aromatic rings. The van der Waals surface area contributed by atoms with Gasteiger partial charge < -0.3 is 5.32 Å². The first-order valence-electron chi connectivity index (χ1n) is 7.00. The second-order valence-corrected chi connectivity index (χ2v) is 5.07. The molecule has 6 nitrogen and oxygen atoms in total. The predicted molar refractivity (Wildman–Crippen MR) is 81.5 cm³/mol. The number of carbonyl (C=O) groups is 1. The molecule has 0 atom stereocenters. The van der Waals surface area contributed by atoms with E-state index in [-0.39, 0.29) is 18.3 Å². The van der Waals surface area contributed by atoms with Crippen molar-refractivity contribution in [3.8, 4) is 5.69 Å². The van der Waals surface area contributed by atoms with Gasteiger partial charge in [-0.15, -0.1) is 5.10 Å². The number of hydrogen-bond acceptors (Lipinski definition) is 4. The average molecular weight is 311 g/mol. The highest BCUT2D eigenvalue weighted by Crippen LogP contribution is 2.11. The summed E-state index contributed by atoms with van der Waals surface area (Å²) in [6, 6.07) is 11.8. The van der Waals surface area contributed by atoms with Gasteiger partial charge in [0.2, 0.25) is 0 Å². The third-order valence-corrected chi connectivity index (χ3v) is 3.41. The van der Waals surface area contributed by atoms with Crippen LogP contribution < -0.4 is 5.32 Å². The third kappa shape index (κ3) is 3.39. The lowest BCUT2D eigenvalue weighted by Crippen LogP contribution is -2.23. The van der Waals surface area contributed by atoms with Gasteiger partial charge in [0.15, 0.2) is 0 Å². The number of nitrogens with one attached hydrogen (secondary N) is 1. The summed E-state index contributed by atoms with van der Waals surface area (Å²) in [5.74, 6) is -0.529. The van der Waals surface area contributed by atoms with E-state index in [2.05, 4.69) is 20.8 Å². The summed E-state index contributed by atoms with van der Waals surface area (Å²) in [6.07, 6.45) is 1.45. The Morgan fingerprint density at radius 3 is 2.87 bits per heavy atom. The Hall–Kier alpha value is -3.09. The van der Waals surface area contributed by atoms with Crippen molar-refractivity contribution < 1.29 is 9.18 Å². The van der Waals surface area contributed by atoms with Crippen molar-refractivity contribution in [1.29, 1.82) is 0 Å². The zero-order chi connectivity index (χ0) is 16.2. The summed E-state index contributed by atoms with van der Waals surface area (Å²) in [5.41, 5.74) is 2.45. The summed E-state index contributed by atoms with van der Waals surface area (Å²) < 4.78 is 15.0. The van der Waals surface area contributed by atoms with Crippen molar-refractivity contribution in [3.05, 3.63) is 71.3 Å². The van der Waals surface area contributed by atoms with E-state index in [1.807, 2.05) is 0 Å². The van der Waals surface area contributed by atoms with E-state index in [1.54, 1.807) is 43.3 Å². The van der Waals surface area contributed by atoms with Gasteiger partial charge in [0.05, 0.1) is 5.69 Å². The molecule has 23 heavy (non-hydrogen) atoms. The van der Waals surface area contributed by atoms with Crippen molar-refractivity contribution in [3.63, 3.8) is 0 Å². The largest absolute Gasteiger partial charge is 0.348 e. The number of tetrazole rings is 1. The Bertz CT molecular complexity index is 832. The molecule has 0 saturated heterocycles. The molecule has 0 aliphatic carbocycles. The van der Waals surface area contributed by atoms with Crippen LogP contribution in [0.5, 0.6) is 0 Å². The fourth-order valence-electron chi connectivity index (χ4n) is 2.10. The Morgan fingerprint density at radius 2 is 2.13 bits per heavy atom. The molecule has 0 bridgehead atoms. The van der Waals surface area contributed by atoms with E-state index in [9.17, 15) is 9.18 Å². The maximum Gasteiger partial charge on any atom is 0.251 e. The highest BCUT2D eigenvalue weighted by Gasteiger charge is 2.08. The van der Waals surface area contributed by atoms with Crippen LogP contribution in [0.4, 0.5) is 4.39 Å². The monoisotopic (exact) mass is 311 g/mol. The van der Waals surface area contributed by atoms with Gasteiger partial charge in [-0.25, -0.2) is 9.07 Å². The molecule has 0 aliphatic heterocycles. The Balaban J connectivity index is 1.71. The number of amides is 1. The minimum Gasteiger partial charge on any atom is -0.348 e. The van der Waals surface area contributed by atoms with Crippen molar-refractivity contribution in [2.45, 2.75) is 13.5 Å². The summed E-state index contributed by atoms with van der Waals surface area (Å²) in [4.78, 5) is 12.2. The SMILES string of the molecule is Cc1ccc(CNC(=O)c2cccc(-n3cnnn3)c2)cc1F. The van der Waals surface area contributed by atoms with Gasteiger partial charge in [-0.05, 0) is 52.7 Å². The van der Waals surface area contributed by atoms with E-state index in [1.165, 1.54) is 17.1 Å². The van der Waals surface area contributed by atoms with Crippen LogP contribution in [0.25, 0.3) is 5.69 Å². The number of halogens is 1. The highest BCUT2D eigenvalue weighted by molar-refractivity contribution is 5.94. The number of hydrogen-bond donors (Lipinski definition) is 1. The lowest BCUT2D eigenvalue weighted by molar-refractivity contribution is 0.0951. The molecule has 0 unspecified atom stereocenters. The second kappa shape index (κ2) is 6.35. The van der Waals surface area contributed by atoms with Crippen LogP contribution in [0.1, 0.15) is 21.5 Å². The average Bonchev–Trinajstić information content (AvgIpc) is 3.10. The Morgan fingerprint density at radius 1 is 1.26 bits per heavy atom. The van der Waals surface area contributed by atoms with Gasteiger partial charge >= 0.3 is 0 Å². The number of rotatable bonds is 4. The molecule has 7 heteroatoms. The number of benzene rings is 2. The van der Waals surface area contributed by atoms with Crippen molar-refractivity contribution in [2.75, 3.05) is 0 Å². The second-order valence-electron chi connectivity index (χ2n) is 5.07. The minimum atomic E-state index is -0.280. The lowest BCUT2D eigenvalue weighted by Gasteiger charge is -2.07. The molecule has 3 rings (SSSR count).